The molecule has 3 rings (SSSR count). The second kappa shape index (κ2) is 4.72. The van der Waals surface area contributed by atoms with Crippen molar-refractivity contribution in [2.45, 2.75) is 13.3 Å². The molecular weight excluding hydrogens is 238 g/mol. The number of hydrogen-bond donors (Lipinski definition) is 0. The van der Waals surface area contributed by atoms with Gasteiger partial charge in [-0.1, -0.05) is 30.3 Å². The number of pyridine rings is 1. The average molecular weight is 253 g/mol. The Labute approximate surface area is 111 Å². The fourth-order valence-corrected chi connectivity index (χ4v) is 2.22. The molecule has 0 fully saturated rings. The highest BCUT2D eigenvalue weighted by atomic mass is 16.5. The van der Waals surface area contributed by atoms with Gasteiger partial charge >= 0.3 is 0 Å². The lowest BCUT2D eigenvalue weighted by atomic mass is 10.1. The normalized spacial score (nSPS) is 10.8. The molecular formula is C15H15N3O. The Morgan fingerprint density at radius 1 is 1.05 bits per heavy atom. The van der Waals surface area contributed by atoms with E-state index >= 15 is 0 Å². The first-order chi connectivity index (χ1) is 9.29. The van der Waals surface area contributed by atoms with Crippen molar-refractivity contribution in [2.24, 2.45) is 0 Å². The fraction of sp³-hybridized carbons (Fsp3) is 0.200. The number of aryl methyl sites for hydroxylation is 1. The van der Waals surface area contributed by atoms with Crippen LogP contribution in [-0.2, 0) is 6.42 Å². The molecule has 0 atom stereocenters. The summed E-state index contributed by atoms with van der Waals surface area (Å²) in [4.78, 5) is 0. The zero-order valence-corrected chi connectivity index (χ0v) is 11.0. The van der Waals surface area contributed by atoms with Gasteiger partial charge in [-0.25, -0.2) is 4.40 Å². The second-order valence-electron chi connectivity index (χ2n) is 4.48. The molecule has 0 aliphatic heterocycles. The summed E-state index contributed by atoms with van der Waals surface area (Å²) in [6.07, 6.45) is 0.744. The monoisotopic (exact) mass is 253 g/mol. The number of methoxy groups -OCH3 is 1. The predicted molar refractivity (Wildman–Crippen MR) is 73.5 cm³/mol. The third kappa shape index (κ3) is 2.05. The Hall–Kier alpha value is -2.36. The highest BCUT2D eigenvalue weighted by molar-refractivity contribution is 5.43. The molecule has 96 valence electrons. The van der Waals surface area contributed by atoms with Crippen LogP contribution < -0.4 is 4.74 Å². The fourth-order valence-electron chi connectivity index (χ4n) is 2.22. The minimum Gasteiger partial charge on any atom is -0.482 e. The third-order valence-electron chi connectivity index (χ3n) is 3.28. The van der Waals surface area contributed by atoms with E-state index in [4.69, 9.17) is 4.74 Å². The molecule has 4 nitrogen and oxygen atoms in total. The van der Waals surface area contributed by atoms with Crippen molar-refractivity contribution < 1.29 is 4.74 Å². The Morgan fingerprint density at radius 2 is 1.89 bits per heavy atom. The Bertz CT molecular complexity index is 718. The van der Waals surface area contributed by atoms with Crippen molar-refractivity contribution in [3.8, 4) is 5.88 Å². The molecule has 0 bridgehead atoms. The molecule has 2 aromatic heterocycles. The highest BCUT2D eigenvalue weighted by Gasteiger charge is 2.10. The molecule has 0 aliphatic rings. The van der Waals surface area contributed by atoms with Gasteiger partial charge in [0.15, 0.2) is 5.65 Å². The first kappa shape index (κ1) is 11.7. The number of fused-ring (bicyclic) bond motifs is 1. The van der Waals surface area contributed by atoms with Crippen LogP contribution in [0.15, 0.2) is 42.5 Å². The average Bonchev–Trinajstić information content (AvgIpc) is 2.85. The van der Waals surface area contributed by atoms with Crippen LogP contribution in [0.2, 0.25) is 0 Å². The van der Waals surface area contributed by atoms with Gasteiger partial charge in [0.05, 0.1) is 7.11 Å². The van der Waals surface area contributed by atoms with Gasteiger partial charge in [-0.05, 0) is 30.2 Å². The van der Waals surface area contributed by atoms with Crippen LogP contribution in [-0.4, -0.2) is 21.7 Å². The topological polar surface area (TPSA) is 39.4 Å². The first-order valence-corrected chi connectivity index (χ1v) is 6.21. The smallest absolute Gasteiger partial charge is 0.200 e. The number of hydrogen-bond acceptors (Lipinski definition) is 3. The maximum Gasteiger partial charge on any atom is 0.200 e. The van der Waals surface area contributed by atoms with Crippen LogP contribution in [0.5, 0.6) is 5.88 Å². The summed E-state index contributed by atoms with van der Waals surface area (Å²) in [6.45, 7) is 2.11. The molecule has 1 aromatic carbocycles. The molecule has 0 unspecified atom stereocenters. The van der Waals surface area contributed by atoms with Crippen LogP contribution in [0.4, 0.5) is 0 Å². The van der Waals surface area contributed by atoms with Gasteiger partial charge in [0.25, 0.3) is 0 Å². The zero-order valence-electron chi connectivity index (χ0n) is 11.0. The number of benzene rings is 1. The van der Waals surface area contributed by atoms with Crippen molar-refractivity contribution in [1.29, 1.82) is 0 Å². The van der Waals surface area contributed by atoms with Crippen LogP contribution in [0.25, 0.3) is 5.65 Å². The summed E-state index contributed by atoms with van der Waals surface area (Å²) in [6, 6.07) is 14.1. The molecule has 0 saturated carbocycles. The standard InChI is InChI=1S/C15H15N3O/c1-11-6-3-4-7-12(11)10-14-17-16-13-8-5-9-15(19-2)18(13)14/h3-9H,10H2,1-2H3. The maximum atomic E-state index is 5.38. The van der Waals surface area contributed by atoms with Gasteiger partial charge in [0, 0.05) is 6.42 Å². The lowest BCUT2D eigenvalue weighted by Gasteiger charge is -2.07. The molecule has 4 heteroatoms. The van der Waals surface area contributed by atoms with E-state index < -0.39 is 0 Å². The predicted octanol–water partition coefficient (Wildman–Crippen LogP) is 2.64. The zero-order chi connectivity index (χ0) is 13.2. The quantitative estimate of drug-likeness (QED) is 0.720. The molecule has 0 saturated heterocycles. The molecule has 0 amide bonds. The molecule has 0 radical (unpaired) electrons. The first-order valence-electron chi connectivity index (χ1n) is 6.21. The minimum atomic E-state index is 0.744. The van der Waals surface area contributed by atoms with Crippen molar-refractivity contribution >= 4 is 5.65 Å². The summed E-state index contributed by atoms with van der Waals surface area (Å²) < 4.78 is 7.33. The van der Waals surface area contributed by atoms with E-state index in [0.29, 0.717) is 0 Å². The number of ether oxygens (including phenoxy) is 1. The highest BCUT2D eigenvalue weighted by Crippen LogP contribution is 2.18. The van der Waals surface area contributed by atoms with Gasteiger partial charge < -0.3 is 4.74 Å². The van der Waals surface area contributed by atoms with Gasteiger partial charge in [-0.15, -0.1) is 10.2 Å². The van der Waals surface area contributed by atoms with E-state index in [9.17, 15) is 0 Å². The van der Waals surface area contributed by atoms with E-state index in [1.165, 1.54) is 11.1 Å². The van der Waals surface area contributed by atoms with Crippen LogP contribution in [0.3, 0.4) is 0 Å². The van der Waals surface area contributed by atoms with Crippen LogP contribution in [0.1, 0.15) is 17.0 Å². The SMILES string of the molecule is COc1cccc2nnc(Cc3ccccc3C)n12. The van der Waals surface area contributed by atoms with Gasteiger partial charge in [0.2, 0.25) is 5.88 Å². The molecule has 0 aliphatic carbocycles. The van der Waals surface area contributed by atoms with Crippen LogP contribution in [0, 0.1) is 6.92 Å². The molecule has 2 heterocycles. The Kier molecular flexibility index (Phi) is 2.91. The summed E-state index contributed by atoms with van der Waals surface area (Å²) >= 11 is 0. The van der Waals surface area contributed by atoms with Crippen LogP contribution >= 0.6 is 0 Å². The Morgan fingerprint density at radius 3 is 2.68 bits per heavy atom. The Balaban J connectivity index is 2.09. The molecule has 0 N–H and O–H groups in total. The van der Waals surface area contributed by atoms with E-state index in [1.54, 1.807) is 7.11 Å². The molecule has 3 aromatic rings. The van der Waals surface area contributed by atoms with Crippen molar-refractivity contribution in [3.05, 3.63) is 59.4 Å². The summed E-state index contributed by atoms with van der Waals surface area (Å²) in [5.41, 5.74) is 3.32. The van der Waals surface area contributed by atoms with Gasteiger partial charge in [-0.2, -0.15) is 0 Å². The largest absolute Gasteiger partial charge is 0.482 e. The van der Waals surface area contributed by atoms with Gasteiger partial charge in [-0.3, -0.25) is 0 Å². The summed E-state index contributed by atoms with van der Waals surface area (Å²) in [5.74, 6) is 1.65. The van der Waals surface area contributed by atoms with Crippen molar-refractivity contribution in [2.75, 3.05) is 7.11 Å². The van der Waals surface area contributed by atoms with E-state index in [0.717, 1.165) is 23.8 Å². The third-order valence-corrected chi connectivity index (χ3v) is 3.28. The van der Waals surface area contributed by atoms with Crippen molar-refractivity contribution in [1.82, 2.24) is 14.6 Å². The van der Waals surface area contributed by atoms with Crippen molar-refractivity contribution in [3.63, 3.8) is 0 Å². The maximum absolute atomic E-state index is 5.38. The molecule has 0 spiro atoms. The number of aromatic nitrogens is 3. The number of rotatable bonds is 3. The van der Waals surface area contributed by atoms with E-state index in [2.05, 4.69) is 29.3 Å². The summed E-state index contributed by atoms with van der Waals surface area (Å²) in [7, 11) is 1.66. The van der Waals surface area contributed by atoms with E-state index in [1.807, 2.05) is 34.7 Å². The number of nitrogens with zero attached hydrogens (tertiary/aromatic N) is 3. The second-order valence-corrected chi connectivity index (χ2v) is 4.48. The van der Waals surface area contributed by atoms with E-state index in [-0.39, 0.29) is 0 Å². The lowest BCUT2D eigenvalue weighted by Crippen LogP contribution is -2.01. The lowest BCUT2D eigenvalue weighted by molar-refractivity contribution is 0.390. The van der Waals surface area contributed by atoms with Gasteiger partial charge in [0.1, 0.15) is 5.82 Å². The molecule has 19 heavy (non-hydrogen) atoms. The summed E-state index contributed by atoms with van der Waals surface area (Å²) in [5, 5.41) is 8.46. The minimum absolute atomic E-state index is 0.744.